The van der Waals surface area contributed by atoms with Gasteiger partial charge in [-0.25, -0.2) is 0 Å². The molecule has 8 heteroatoms. The van der Waals surface area contributed by atoms with E-state index in [9.17, 15) is 0 Å². The van der Waals surface area contributed by atoms with Crippen LogP contribution in [0.25, 0.3) is 82.5 Å². The maximum absolute atomic E-state index is 7.30. The summed E-state index contributed by atoms with van der Waals surface area (Å²) >= 11 is 0. The van der Waals surface area contributed by atoms with Crippen LogP contribution in [0.1, 0.15) is 0 Å². The Balaban J connectivity index is 0.891. The van der Waals surface area contributed by atoms with E-state index in [1.54, 1.807) is 0 Å². The zero-order chi connectivity index (χ0) is 60.4. The van der Waals surface area contributed by atoms with Crippen LogP contribution in [0.3, 0.4) is 0 Å². The van der Waals surface area contributed by atoms with E-state index in [0.717, 1.165) is 113 Å². The summed E-state index contributed by atoms with van der Waals surface area (Å²) in [5, 5.41) is 7.20. The summed E-state index contributed by atoms with van der Waals surface area (Å²) in [6.45, 7) is -0.221. The molecule has 7 nitrogen and oxygen atoms in total. The molecule has 0 atom stereocenters. The lowest BCUT2D eigenvalue weighted by Crippen LogP contribution is -2.59. The Labute approximate surface area is 532 Å². The maximum Gasteiger partial charge on any atom is 0.256 e. The Hall–Kier alpha value is -12.3. The minimum atomic E-state index is -0.221. The van der Waals surface area contributed by atoms with Crippen LogP contribution < -0.4 is 35.8 Å². The van der Waals surface area contributed by atoms with E-state index in [1.165, 1.54) is 48.8 Å². The number of aromatic nitrogens is 3. The van der Waals surface area contributed by atoms with Gasteiger partial charge in [0.05, 0.1) is 33.1 Å². The van der Waals surface area contributed by atoms with Crippen molar-refractivity contribution in [2.75, 3.05) is 14.7 Å². The first-order valence-corrected chi connectivity index (χ1v) is 31.5. The molecule has 19 rings (SSSR count). The molecule has 0 N–H and O–H groups in total. The molecule has 0 bridgehead atoms. The van der Waals surface area contributed by atoms with Crippen molar-refractivity contribution >= 4 is 140 Å². The smallest absolute Gasteiger partial charge is 0.256 e. The van der Waals surface area contributed by atoms with Crippen LogP contribution in [0.15, 0.2) is 334 Å². The van der Waals surface area contributed by atoms with E-state index in [0.29, 0.717) is 0 Å². The standard InChI is InChI=1S/C84H55BN6O/c1-7-27-56(28-8-1)86(57-29-9-2-10-30-57)62-39-25-40-63(53-62)88-74-47-26-48-77-81(74)85(69-51-49-65(55-75(69)88)87(58-31-11-3-12-32-58)59-33-13-4-14-34-59)70-54-64(50-52-76(70)92-77)91-73-46-24-21-43-68(73)80-83-78(66-41-19-22-44-71(66)89(83)60-35-15-5-16-36-60)82-79(84(80)91)67-42-20-23-45-72(67)90(82)61-37-17-6-18-38-61/h1-55H. The third-order valence-corrected chi connectivity index (χ3v) is 18.9. The number of para-hydroxylation sites is 9. The molecule has 0 spiro atoms. The molecular formula is C84H55BN6O. The fraction of sp³-hybridized carbons (Fsp3) is 0. The third kappa shape index (κ3) is 7.77. The van der Waals surface area contributed by atoms with Crippen LogP contribution in [0, 0.1) is 0 Å². The molecule has 0 saturated heterocycles. The third-order valence-electron chi connectivity index (χ3n) is 18.9. The summed E-state index contributed by atoms with van der Waals surface area (Å²) in [4.78, 5) is 7.19. The summed E-state index contributed by atoms with van der Waals surface area (Å²) in [6.07, 6.45) is 0. The quantitative estimate of drug-likeness (QED) is 0.128. The fourth-order valence-corrected chi connectivity index (χ4v) is 15.3. The summed E-state index contributed by atoms with van der Waals surface area (Å²) in [5.41, 5.74) is 23.1. The Morgan fingerprint density at radius 3 is 1.15 bits per heavy atom. The van der Waals surface area contributed by atoms with Crippen molar-refractivity contribution < 1.29 is 4.74 Å². The summed E-state index contributed by atoms with van der Waals surface area (Å²) in [5.74, 6) is 1.68. The van der Waals surface area contributed by atoms with Crippen LogP contribution in [-0.4, -0.2) is 20.4 Å². The van der Waals surface area contributed by atoms with Gasteiger partial charge in [0.25, 0.3) is 6.71 Å². The minimum Gasteiger partial charge on any atom is -0.458 e. The lowest BCUT2D eigenvalue weighted by atomic mass is 9.34. The molecule has 430 valence electrons. The second-order valence-corrected chi connectivity index (χ2v) is 24.0. The molecule has 0 radical (unpaired) electrons. The van der Waals surface area contributed by atoms with Crippen LogP contribution in [0.4, 0.5) is 51.2 Å². The van der Waals surface area contributed by atoms with Gasteiger partial charge in [-0.05, 0) is 168 Å². The van der Waals surface area contributed by atoms with Crippen molar-refractivity contribution in [3.05, 3.63) is 334 Å². The molecule has 3 aromatic heterocycles. The number of rotatable bonds is 10. The average molecular weight is 1180 g/mol. The van der Waals surface area contributed by atoms with Crippen LogP contribution in [0.2, 0.25) is 0 Å². The summed E-state index contributed by atoms with van der Waals surface area (Å²) in [7, 11) is 0. The predicted molar refractivity (Wildman–Crippen MR) is 385 cm³/mol. The van der Waals surface area contributed by atoms with Gasteiger partial charge in [0.2, 0.25) is 0 Å². The SMILES string of the molecule is c1ccc(N(c2ccccc2)c2cccc(N3c4cc(N(c5ccccc5)c5ccccc5)ccc4B4c5cc(-n6c7ccccc7c7c8c(c9ccccc9n8-c8ccccc8)c8c(c9ccccc9n8-c8ccccc8)c76)ccc5Oc5cccc3c54)c2)cc1. The van der Waals surface area contributed by atoms with Gasteiger partial charge < -0.3 is 33.1 Å². The van der Waals surface area contributed by atoms with Gasteiger partial charge >= 0.3 is 0 Å². The lowest BCUT2D eigenvalue weighted by molar-refractivity contribution is 0.487. The van der Waals surface area contributed by atoms with E-state index in [1.807, 2.05) is 0 Å². The highest BCUT2D eigenvalue weighted by atomic mass is 16.5. The molecule has 0 fully saturated rings. The van der Waals surface area contributed by atoms with E-state index in [4.69, 9.17) is 4.74 Å². The van der Waals surface area contributed by atoms with Crippen molar-refractivity contribution in [2.24, 2.45) is 0 Å². The number of anilines is 9. The largest absolute Gasteiger partial charge is 0.458 e. The normalized spacial score (nSPS) is 12.4. The fourth-order valence-electron chi connectivity index (χ4n) is 15.3. The van der Waals surface area contributed by atoms with Gasteiger partial charge in [-0.1, -0.05) is 182 Å². The molecule has 14 aromatic carbocycles. The second-order valence-electron chi connectivity index (χ2n) is 24.0. The van der Waals surface area contributed by atoms with Crippen LogP contribution in [0.5, 0.6) is 11.5 Å². The molecular weight excluding hydrogens is 1120 g/mol. The molecule has 2 aliphatic heterocycles. The van der Waals surface area contributed by atoms with Gasteiger partial charge in [-0.15, -0.1) is 0 Å². The number of fused-ring (bicyclic) bond motifs is 16. The summed E-state index contributed by atoms with van der Waals surface area (Å²) in [6, 6.07) is 121. The molecule has 0 unspecified atom stereocenters. The van der Waals surface area contributed by atoms with Gasteiger partial charge in [0.1, 0.15) is 11.5 Å². The molecule has 0 saturated carbocycles. The maximum atomic E-state index is 7.30. The second kappa shape index (κ2) is 20.7. The first-order chi connectivity index (χ1) is 45.7. The highest BCUT2D eigenvalue weighted by Crippen LogP contribution is 2.52. The first kappa shape index (κ1) is 51.8. The molecule has 0 aliphatic carbocycles. The number of benzene rings is 14. The summed E-state index contributed by atoms with van der Waals surface area (Å²) < 4.78 is 14.9. The highest BCUT2D eigenvalue weighted by molar-refractivity contribution is 6.99. The highest BCUT2D eigenvalue weighted by Gasteiger charge is 2.43. The average Bonchev–Trinajstić information content (AvgIpc) is 1.47. The monoisotopic (exact) mass is 1170 g/mol. The van der Waals surface area contributed by atoms with Gasteiger partial charge in [0.15, 0.2) is 0 Å². The van der Waals surface area contributed by atoms with Crippen molar-refractivity contribution in [1.29, 1.82) is 0 Å². The van der Waals surface area contributed by atoms with Gasteiger partial charge in [-0.2, -0.15) is 0 Å². The number of nitrogens with zero attached hydrogens (tertiary/aromatic N) is 6. The molecule has 2 aliphatic rings. The Morgan fingerprint density at radius 2 is 0.663 bits per heavy atom. The predicted octanol–water partition coefficient (Wildman–Crippen LogP) is 20.3. The minimum absolute atomic E-state index is 0.221. The zero-order valence-corrected chi connectivity index (χ0v) is 49.9. The molecule has 17 aromatic rings. The van der Waals surface area contributed by atoms with Gasteiger partial charge in [0, 0.05) is 101 Å². The number of hydrogen-bond donors (Lipinski definition) is 0. The van der Waals surface area contributed by atoms with E-state index in [2.05, 4.69) is 362 Å². The van der Waals surface area contributed by atoms with Crippen molar-refractivity contribution in [2.45, 2.75) is 0 Å². The van der Waals surface area contributed by atoms with E-state index in [-0.39, 0.29) is 6.71 Å². The first-order valence-electron chi connectivity index (χ1n) is 31.5. The Bertz CT molecular complexity index is 5600. The number of ether oxygens (including phenoxy) is 1. The zero-order valence-electron chi connectivity index (χ0n) is 49.9. The van der Waals surface area contributed by atoms with Crippen molar-refractivity contribution in [3.8, 4) is 28.6 Å². The number of hydrogen-bond acceptors (Lipinski definition) is 4. The van der Waals surface area contributed by atoms with Crippen molar-refractivity contribution in [1.82, 2.24) is 13.7 Å². The molecule has 0 amide bonds. The topological polar surface area (TPSA) is 33.7 Å². The van der Waals surface area contributed by atoms with Crippen molar-refractivity contribution in [3.63, 3.8) is 0 Å². The van der Waals surface area contributed by atoms with Crippen LogP contribution >= 0.6 is 0 Å². The van der Waals surface area contributed by atoms with Crippen LogP contribution in [-0.2, 0) is 0 Å². The Morgan fingerprint density at radius 1 is 0.261 bits per heavy atom. The Kier molecular flexibility index (Phi) is 11.6. The molecule has 5 heterocycles. The van der Waals surface area contributed by atoms with Gasteiger partial charge in [-0.3, -0.25) is 0 Å². The molecule has 92 heavy (non-hydrogen) atoms. The van der Waals surface area contributed by atoms with E-state index < -0.39 is 0 Å². The lowest BCUT2D eigenvalue weighted by Gasteiger charge is -2.41. The van der Waals surface area contributed by atoms with E-state index >= 15 is 0 Å².